The zero-order valence-corrected chi connectivity index (χ0v) is 7.77. The number of benzene rings is 1. The molecule has 1 aromatic rings. The van der Waals surface area contributed by atoms with E-state index in [1.807, 2.05) is 38.1 Å². The summed E-state index contributed by atoms with van der Waals surface area (Å²) in [5, 5.41) is 11.2. The van der Waals surface area contributed by atoms with Gasteiger partial charge in [-0.05, 0) is 43.7 Å². The van der Waals surface area contributed by atoms with Crippen molar-refractivity contribution < 1.29 is 9.94 Å². The Morgan fingerprint density at radius 1 is 1.31 bits per heavy atom. The maximum atomic E-state index is 8.27. The highest BCUT2D eigenvalue weighted by molar-refractivity contribution is 5.79. The summed E-state index contributed by atoms with van der Waals surface area (Å²) in [7, 11) is 0. The molecule has 0 saturated heterocycles. The molecular formula is C10H13NO2. The maximum Gasteiger partial charge on any atom is 0.119 e. The molecule has 3 heteroatoms. The van der Waals surface area contributed by atoms with Gasteiger partial charge in [-0.15, -0.1) is 0 Å². The molecule has 1 N–H and O–H groups in total. The lowest BCUT2D eigenvalue weighted by Gasteiger charge is -2.08. The van der Waals surface area contributed by atoms with Crippen LogP contribution in [0.3, 0.4) is 0 Å². The van der Waals surface area contributed by atoms with E-state index in [0.717, 1.165) is 11.3 Å². The maximum absolute atomic E-state index is 8.27. The molecule has 0 aromatic heterocycles. The van der Waals surface area contributed by atoms with Gasteiger partial charge >= 0.3 is 0 Å². The molecule has 0 fully saturated rings. The van der Waals surface area contributed by atoms with Crippen molar-refractivity contribution in [1.82, 2.24) is 0 Å². The fourth-order valence-electron chi connectivity index (χ4n) is 0.971. The smallest absolute Gasteiger partial charge is 0.119 e. The van der Waals surface area contributed by atoms with E-state index >= 15 is 0 Å². The van der Waals surface area contributed by atoms with Gasteiger partial charge in [-0.25, -0.2) is 0 Å². The van der Waals surface area contributed by atoms with Crippen LogP contribution in [0, 0.1) is 0 Å². The Morgan fingerprint density at radius 2 is 1.92 bits per heavy atom. The van der Waals surface area contributed by atoms with Crippen LogP contribution in [0.1, 0.15) is 19.4 Å². The molecule has 0 aliphatic heterocycles. The van der Waals surface area contributed by atoms with Gasteiger partial charge in [-0.2, -0.15) is 0 Å². The van der Waals surface area contributed by atoms with Gasteiger partial charge in [0.05, 0.1) is 12.3 Å². The average Bonchev–Trinajstić information content (AvgIpc) is 2.08. The first-order valence-electron chi connectivity index (χ1n) is 4.16. The lowest BCUT2D eigenvalue weighted by Crippen LogP contribution is -2.05. The van der Waals surface area contributed by atoms with Crippen LogP contribution in [0.5, 0.6) is 5.75 Å². The summed E-state index contributed by atoms with van der Waals surface area (Å²) in [6, 6.07) is 7.35. The number of ether oxygens (including phenoxy) is 1. The first-order chi connectivity index (χ1) is 6.22. The van der Waals surface area contributed by atoms with Crippen molar-refractivity contribution in [2.24, 2.45) is 5.16 Å². The standard InChI is InChI=1S/C10H13NO2/c1-8(2)13-10-5-3-9(4-6-10)7-11-12/h3-8,12H,1-2H3. The zero-order valence-electron chi connectivity index (χ0n) is 7.77. The summed E-state index contributed by atoms with van der Waals surface area (Å²) in [4.78, 5) is 0. The van der Waals surface area contributed by atoms with Crippen molar-refractivity contribution in [2.45, 2.75) is 20.0 Å². The fourth-order valence-corrected chi connectivity index (χ4v) is 0.971. The van der Waals surface area contributed by atoms with E-state index in [1.54, 1.807) is 0 Å². The monoisotopic (exact) mass is 179 g/mol. The van der Waals surface area contributed by atoms with Crippen molar-refractivity contribution >= 4 is 6.21 Å². The summed E-state index contributed by atoms with van der Waals surface area (Å²) in [5.41, 5.74) is 0.846. The van der Waals surface area contributed by atoms with E-state index in [1.165, 1.54) is 6.21 Å². The largest absolute Gasteiger partial charge is 0.491 e. The third kappa shape index (κ3) is 3.15. The first-order valence-corrected chi connectivity index (χ1v) is 4.16. The predicted octanol–water partition coefficient (Wildman–Crippen LogP) is 2.28. The molecule has 0 aliphatic carbocycles. The van der Waals surface area contributed by atoms with Crippen LogP contribution in [-0.4, -0.2) is 17.5 Å². The molecule has 1 aromatic carbocycles. The highest BCUT2D eigenvalue weighted by Gasteiger charge is 1.96. The van der Waals surface area contributed by atoms with Crippen molar-refractivity contribution in [2.75, 3.05) is 0 Å². The lowest BCUT2D eigenvalue weighted by molar-refractivity contribution is 0.242. The Morgan fingerprint density at radius 3 is 2.38 bits per heavy atom. The van der Waals surface area contributed by atoms with Crippen LogP contribution >= 0.6 is 0 Å². The highest BCUT2D eigenvalue weighted by Crippen LogP contribution is 2.12. The molecule has 0 heterocycles. The Balaban J connectivity index is 2.69. The molecule has 0 bridgehead atoms. The SMILES string of the molecule is CC(C)Oc1ccc(C=NO)cc1. The van der Waals surface area contributed by atoms with Crippen molar-refractivity contribution in [3.05, 3.63) is 29.8 Å². The van der Waals surface area contributed by atoms with Crippen molar-refractivity contribution in [1.29, 1.82) is 0 Å². The molecule has 1 rings (SSSR count). The van der Waals surface area contributed by atoms with Crippen LogP contribution in [0.4, 0.5) is 0 Å². The average molecular weight is 179 g/mol. The highest BCUT2D eigenvalue weighted by atomic mass is 16.5. The summed E-state index contributed by atoms with van der Waals surface area (Å²) in [6.45, 7) is 3.95. The quantitative estimate of drug-likeness (QED) is 0.439. The summed E-state index contributed by atoms with van der Waals surface area (Å²) < 4.78 is 5.44. The number of rotatable bonds is 3. The Labute approximate surface area is 77.6 Å². The number of hydrogen-bond donors (Lipinski definition) is 1. The van der Waals surface area contributed by atoms with E-state index in [-0.39, 0.29) is 6.10 Å². The van der Waals surface area contributed by atoms with Crippen LogP contribution < -0.4 is 4.74 Å². The molecular weight excluding hydrogens is 166 g/mol. The Hall–Kier alpha value is -1.51. The van der Waals surface area contributed by atoms with Gasteiger partial charge in [-0.3, -0.25) is 0 Å². The lowest BCUT2D eigenvalue weighted by atomic mass is 10.2. The van der Waals surface area contributed by atoms with Gasteiger partial charge in [0.2, 0.25) is 0 Å². The third-order valence-corrected chi connectivity index (χ3v) is 1.46. The summed E-state index contributed by atoms with van der Waals surface area (Å²) >= 11 is 0. The van der Waals surface area contributed by atoms with E-state index in [4.69, 9.17) is 9.94 Å². The normalized spacial score (nSPS) is 11.0. The third-order valence-electron chi connectivity index (χ3n) is 1.46. The van der Waals surface area contributed by atoms with Gasteiger partial charge < -0.3 is 9.94 Å². The molecule has 13 heavy (non-hydrogen) atoms. The minimum atomic E-state index is 0.178. The molecule has 0 saturated carbocycles. The summed E-state index contributed by atoms with van der Waals surface area (Å²) in [5.74, 6) is 0.824. The predicted molar refractivity (Wildman–Crippen MR) is 51.6 cm³/mol. The zero-order chi connectivity index (χ0) is 9.68. The number of hydrogen-bond acceptors (Lipinski definition) is 3. The molecule has 0 unspecified atom stereocenters. The number of nitrogens with zero attached hydrogens (tertiary/aromatic N) is 1. The Bertz CT molecular complexity index is 277. The topological polar surface area (TPSA) is 41.8 Å². The molecule has 0 atom stereocenters. The minimum Gasteiger partial charge on any atom is -0.491 e. The Kier molecular flexibility index (Phi) is 3.31. The van der Waals surface area contributed by atoms with E-state index in [9.17, 15) is 0 Å². The van der Waals surface area contributed by atoms with Gasteiger partial charge in [-0.1, -0.05) is 5.16 Å². The van der Waals surface area contributed by atoms with E-state index in [0.29, 0.717) is 0 Å². The van der Waals surface area contributed by atoms with Crippen LogP contribution in [0.25, 0.3) is 0 Å². The minimum absolute atomic E-state index is 0.178. The fraction of sp³-hybridized carbons (Fsp3) is 0.300. The van der Waals surface area contributed by atoms with Gasteiger partial charge in [0, 0.05) is 0 Å². The van der Waals surface area contributed by atoms with Gasteiger partial charge in [0.15, 0.2) is 0 Å². The molecule has 70 valence electrons. The second kappa shape index (κ2) is 4.50. The second-order valence-corrected chi connectivity index (χ2v) is 2.98. The van der Waals surface area contributed by atoms with Crippen molar-refractivity contribution in [3.63, 3.8) is 0 Å². The molecule has 3 nitrogen and oxygen atoms in total. The van der Waals surface area contributed by atoms with Crippen LogP contribution in [0.15, 0.2) is 29.4 Å². The van der Waals surface area contributed by atoms with Crippen LogP contribution in [0.2, 0.25) is 0 Å². The van der Waals surface area contributed by atoms with Gasteiger partial charge in [0.1, 0.15) is 5.75 Å². The van der Waals surface area contributed by atoms with Crippen molar-refractivity contribution in [3.8, 4) is 5.75 Å². The van der Waals surface area contributed by atoms with Crippen LogP contribution in [-0.2, 0) is 0 Å². The summed E-state index contributed by atoms with van der Waals surface area (Å²) in [6.07, 6.45) is 1.55. The van der Waals surface area contributed by atoms with Gasteiger partial charge in [0.25, 0.3) is 0 Å². The molecule has 0 radical (unpaired) electrons. The second-order valence-electron chi connectivity index (χ2n) is 2.98. The molecule has 0 spiro atoms. The number of oxime groups is 1. The molecule has 0 aliphatic rings. The van der Waals surface area contributed by atoms with E-state index in [2.05, 4.69) is 5.16 Å². The first kappa shape index (κ1) is 9.58. The molecule has 0 amide bonds. The van der Waals surface area contributed by atoms with E-state index < -0.39 is 0 Å².